The van der Waals surface area contributed by atoms with Crippen LogP contribution < -0.4 is 10.1 Å². The average Bonchev–Trinajstić information content (AvgIpc) is 2.42. The Balaban J connectivity index is 2.01. The van der Waals surface area contributed by atoms with Crippen LogP contribution in [0.3, 0.4) is 0 Å². The van der Waals surface area contributed by atoms with E-state index in [4.69, 9.17) is 9.47 Å². The van der Waals surface area contributed by atoms with Gasteiger partial charge in [-0.3, -0.25) is 0 Å². The highest BCUT2D eigenvalue weighted by atomic mass is 16.5. The topological polar surface area (TPSA) is 30.5 Å². The molecule has 0 aliphatic heterocycles. The summed E-state index contributed by atoms with van der Waals surface area (Å²) in [6, 6.07) is 6.85. The zero-order valence-corrected chi connectivity index (χ0v) is 12.2. The minimum Gasteiger partial charge on any atom is -0.491 e. The smallest absolute Gasteiger partial charge is 0.122 e. The quantitative estimate of drug-likeness (QED) is 0.800. The molecule has 19 heavy (non-hydrogen) atoms. The number of rotatable bonds is 6. The maximum absolute atomic E-state index is 5.89. The maximum Gasteiger partial charge on any atom is 0.122 e. The molecule has 1 aromatic rings. The molecular formula is C16H25NO2. The van der Waals surface area contributed by atoms with E-state index in [2.05, 4.69) is 23.5 Å². The van der Waals surface area contributed by atoms with Crippen molar-refractivity contribution in [2.24, 2.45) is 0 Å². The van der Waals surface area contributed by atoms with Gasteiger partial charge in [0.2, 0.25) is 0 Å². The molecule has 0 amide bonds. The third-order valence-corrected chi connectivity index (χ3v) is 3.60. The van der Waals surface area contributed by atoms with Gasteiger partial charge in [0.05, 0.1) is 12.7 Å². The van der Waals surface area contributed by atoms with E-state index in [0.717, 1.165) is 12.2 Å². The van der Waals surface area contributed by atoms with Gasteiger partial charge in [-0.15, -0.1) is 0 Å². The van der Waals surface area contributed by atoms with Gasteiger partial charge in [0, 0.05) is 6.04 Å². The van der Waals surface area contributed by atoms with Crippen molar-refractivity contribution in [1.29, 1.82) is 0 Å². The van der Waals surface area contributed by atoms with E-state index in [1.807, 2.05) is 20.9 Å². The van der Waals surface area contributed by atoms with Crippen LogP contribution >= 0.6 is 0 Å². The third kappa shape index (κ3) is 3.71. The summed E-state index contributed by atoms with van der Waals surface area (Å²) in [6.45, 7) is 5.36. The largest absolute Gasteiger partial charge is 0.491 e. The van der Waals surface area contributed by atoms with E-state index in [1.54, 1.807) is 0 Å². The second-order valence-electron chi connectivity index (χ2n) is 5.33. The summed E-state index contributed by atoms with van der Waals surface area (Å²) in [7, 11) is 2.03. The molecule has 0 aromatic heterocycles. The lowest BCUT2D eigenvalue weighted by Gasteiger charge is -2.26. The van der Waals surface area contributed by atoms with Crippen LogP contribution in [0.25, 0.3) is 0 Å². The van der Waals surface area contributed by atoms with Crippen molar-refractivity contribution in [2.75, 3.05) is 20.3 Å². The summed E-state index contributed by atoms with van der Waals surface area (Å²) in [4.78, 5) is 0. The fourth-order valence-corrected chi connectivity index (χ4v) is 2.69. The molecule has 3 nitrogen and oxygen atoms in total. The van der Waals surface area contributed by atoms with Crippen molar-refractivity contribution >= 4 is 0 Å². The monoisotopic (exact) mass is 263 g/mol. The van der Waals surface area contributed by atoms with Gasteiger partial charge in [0.15, 0.2) is 0 Å². The first-order chi connectivity index (χ1) is 9.22. The molecule has 106 valence electrons. The van der Waals surface area contributed by atoms with Gasteiger partial charge in [0.1, 0.15) is 12.4 Å². The number of hydrogen-bond acceptors (Lipinski definition) is 3. The van der Waals surface area contributed by atoms with Gasteiger partial charge in [-0.25, -0.2) is 0 Å². The van der Waals surface area contributed by atoms with Gasteiger partial charge >= 0.3 is 0 Å². The van der Waals surface area contributed by atoms with Crippen LogP contribution in [0.4, 0.5) is 0 Å². The van der Waals surface area contributed by atoms with E-state index >= 15 is 0 Å². The number of hydrogen-bond donors (Lipinski definition) is 1. The summed E-state index contributed by atoms with van der Waals surface area (Å²) in [6.07, 6.45) is 3.82. The van der Waals surface area contributed by atoms with Gasteiger partial charge < -0.3 is 14.8 Å². The Bertz CT molecular complexity index is 404. The first kappa shape index (κ1) is 14.4. The molecule has 0 heterocycles. The van der Waals surface area contributed by atoms with Crippen molar-refractivity contribution < 1.29 is 9.47 Å². The molecule has 0 radical (unpaired) electrons. The normalized spacial score (nSPS) is 18.4. The maximum atomic E-state index is 5.89. The third-order valence-electron chi connectivity index (χ3n) is 3.60. The highest BCUT2D eigenvalue weighted by Crippen LogP contribution is 2.35. The number of benzene rings is 1. The second kappa shape index (κ2) is 6.92. The lowest BCUT2D eigenvalue weighted by Crippen LogP contribution is -2.22. The van der Waals surface area contributed by atoms with E-state index in [0.29, 0.717) is 19.3 Å². The SMILES string of the molecule is CNC1CCCc2c(OCCOC(C)C)cccc21. The van der Waals surface area contributed by atoms with Crippen molar-refractivity contribution in [3.63, 3.8) is 0 Å². The molecule has 1 unspecified atom stereocenters. The first-order valence-corrected chi connectivity index (χ1v) is 7.26. The van der Waals surface area contributed by atoms with Crippen LogP contribution in [0.1, 0.15) is 43.9 Å². The van der Waals surface area contributed by atoms with Crippen molar-refractivity contribution in [3.05, 3.63) is 29.3 Å². The lowest BCUT2D eigenvalue weighted by molar-refractivity contribution is 0.0550. The minimum atomic E-state index is 0.266. The summed E-state index contributed by atoms with van der Waals surface area (Å²) in [5.41, 5.74) is 2.77. The summed E-state index contributed by atoms with van der Waals surface area (Å²) in [5.74, 6) is 1.03. The fourth-order valence-electron chi connectivity index (χ4n) is 2.69. The zero-order valence-electron chi connectivity index (χ0n) is 12.2. The second-order valence-corrected chi connectivity index (χ2v) is 5.33. The average molecular weight is 263 g/mol. The Morgan fingerprint density at radius 3 is 2.89 bits per heavy atom. The van der Waals surface area contributed by atoms with E-state index in [9.17, 15) is 0 Å². The standard InChI is InChI=1S/C16H25NO2/c1-12(2)18-10-11-19-16-9-5-6-13-14(16)7-4-8-15(13)17-3/h5-6,9,12,15,17H,4,7-8,10-11H2,1-3H3. The molecule has 2 rings (SSSR count). The lowest BCUT2D eigenvalue weighted by atomic mass is 9.87. The van der Waals surface area contributed by atoms with Crippen LogP contribution in [0, 0.1) is 0 Å². The van der Waals surface area contributed by atoms with Crippen molar-refractivity contribution in [1.82, 2.24) is 5.32 Å². The molecule has 0 bridgehead atoms. The summed E-state index contributed by atoms with van der Waals surface area (Å²) >= 11 is 0. The molecule has 1 atom stereocenters. The van der Waals surface area contributed by atoms with Gasteiger partial charge in [-0.1, -0.05) is 12.1 Å². The summed E-state index contributed by atoms with van der Waals surface area (Å²) < 4.78 is 11.4. The van der Waals surface area contributed by atoms with Gasteiger partial charge in [0.25, 0.3) is 0 Å². The Morgan fingerprint density at radius 1 is 1.32 bits per heavy atom. The number of fused-ring (bicyclic) bond motifs is 1. The minimum absolute atomic E-state index is 0.266. The predicted octanol–water partition coefficient (Wildman–Crippen LogP) is 3.09. The van der Waals surface area contributed by atoms with Crippen LogP contribution in [-0.4, -0.2) is 26.4 Å². The molecule has 1 aromatic carbocycles. The van der Waals surface area contributed by atoms with E-state index < -0.39 is 0 Å². The van der Waals surface area contributed by atoms with Crippen LogP contribution in [-0.2, 0) is 11.2 Å². The van der Waals surface area contributed by atoms with Crippen LogP contribution in [0.15, 0.2) is 18.2 Å². The van der Waals surface area contributed by atoms with Crippen LogP contribution in [0.2, 0.25) is 0 Å². The molecule has 0 spiro atoms. The zero-order chi connectivity index (χ0) is 13.7. The molecule has 1 N–H and O–H groups in total. The first-order valence-electron chi connectivity index (χ1n) is 7.26. The molecular weight excluding hydrogens is 238 g/mol. The molecule has 0 saturated carbocycles. The number of nitrogens with one attached hydrogen (secondary N) is 1. The molecule has 1 aliphatic rings. The predicted molar refractivity (Wildman–Crippen MR) is 77.8 cm³/mol. The Kier molecular flexibility index (Phi) is 5.23. The van der Waals surface area contributed by atoms with E-state index in [1.165, 1.54) is 24.0 Å². The molecule has 0 fully saturated rings. The highest BCUT2D eigenvalue weighted by Gasteiger charge is 2.21. The van der Waals surface area contributed by atoms with Gasteiger partial charge in [-0.05, 0) is 57.4 Å². The molecule has 0 saturated heterocycles. The van der Waals surface area contributed by atoms with E-state index in [-0.39, 0.29) is 6.10 Å². The Morgan fingerprint density at radius 2 is 2.16 bits per heavy atom. The number of ether oxygens (including phenoxy) is 2. The fraction of sp³-hybridized carbons (Fsp3) is 0.625. The summed E-state index contributed by atoms with van der Waals surface area (Å²) in [5, 5.41) is 3.39. The Hall–Kier alpha value is -1.06. The highest BCUT2D eigenvalue weighted by molar-refractivity contribution is 5.43. The molecule has 1 aliphatic carbocycles. The molecule has 3 heteroatoms. The van der Waals surface area contributed by atoms with Crippen molar-refractivity contribution in [2.45, 2.75) is 45.3 Å². The van der Waals surface area contributed by atoms with Gasteiger partial charge in [-0.2, -0.15) is 0 Å². The Labute approximate surface area is 116 Å². The van der Waals surface area contributed by atoms with Crippen molar-refractivity contribution in [3.8, 4) is 5.75 Å². The van der Waals surface area contributed by atoms with Crippen LogP contribution in [0.5, 0.6) is 5.75 Å².